The molecule has 0 radical (unpaired) electrons. The number of hydrazine groups is 1. The summed E-state index contributed by atoms with van der Waals surface area (Å²) in [5, 5.41) is -1.10. The van der Waals surface area contributed by atoms with Crippen molar-refractivity contribution in [1.82, 2.24) is 20.0 Å². The average molecular weight is 562 g/mol. The van der Waals surface area contributed by atoms with Crippen LogP contribution in [0.15, 0.2) is 17.0 Å². The second kappa shape index (κ2) is 10.7. The van der Waals surface area contributed by atoms with Crippen molar-refractivity contribution in [1.29, 1.82) is 0 Å². The van der Waals surface area contributed by atoms with Crippen molar-refractivity contribution in [3.8, 4) is 10.4 Å². The first-order valence-electron chi connectivity index (χ1n) is 9.57. The number of alkyl halides is 3. The van der Waals surface area contributed by atoms with Gasteiger partial charge in [0.2, 0.25) is 10.0 Å². The summed E-state index contributed by atoms with van der Waals surface area (Å²) in [7, 11) is -4.71. The molecule has 34 heavy (non-hydrogen) atoms. The molecule has 1 aromatic heterocycles. The van der Waals surface area contributed by atoms with E-state index in [-0.39, 0.29) is 26.2 Å². The van der Waals surface area contributed by atoms with Crippen LogP contribution in [0, 0.1) is 0 Å². The van der Waals surface area contributed by atoms with E-state index in [1.807, 2.05) is 5.43 Å². The van der Waals surface area contributed by atoms with Gasteiger partial charge in [0.05, 0.1) is 14.9 Å². The second-order valence-corrected chi connectivity index (χ2v) is 10.2. The van der Waals surface area contributed by atoms with Crippen LogP contribution in [0.2, 0.25) is 10.0 Å². The molecule has 0 unspecified atom stereocenters. The van der Waals surface area contributed by atoms with Crippen molar-refractivity contribution in [2.24, 2.45) is 5.84 Å². The van der Waals surface area contributed by atoms with Crippen molar-refractivity contribution < 1.29 is 31.2 Å². The number of sulfonamides is 1. The number of amides is 2. The zero-order chi connectivity index (χ0) is 26.0. The van der Waals surface area contributed by atoms with Crippen LogP contribution in [0.1, 0.15) is 41.1 Å². The maximum absolute atomic E-state index is 13.0. The first kappa shape index (κ1) is 28.3. The predicted octanol–water partition coefficient (Wildman–Crippen LogP) is 3.43. The topological polar surface area (TPSA) is 134 Å². The van der Waals surface area contributed by atoms with Gasteiger partial charge >= 0.3 is 6.18 Å². The van der Waals surface area contributed by atoms with Crippen molar-refractivity contribution in [3.05, 3.63) is 32.9 Å². The molecule has 9 nitrogen and oxygen atoms in total. The summed E-state index contributed by atoms with van der Waals surface area (Å²) in [6.45, 7) is 4.77. The molecule has 0 saturated carbocycles. The Morgan fingerprint density at radius 2 is 1.79 bits per heavy atom. The minimum atomic E-state index is -4.83. The van der Waals surface area contributed by atoms with E-state index in [4.69, 9.17) is 29.0 Å². The van der Waals surface area contributed by atoms with E-state index in [0.29, 0.717) is 20.0 Å². The number of nitrogen functional groups attached to an aromatic ring is 1. The van der Waals surface area contributed by atoms with Crippen LogP contribution in [0.3, 0.4) is 0 Å². The van der Waals surface area contributed by atoms with Crippen LogP contribution >= 0.6 is 34.5 Å². The Bertz CT molecular complexity index is 1200. The SMILES string of the molecule is CCN(CC)C(=O)c1nc(C(=O)NN)sc1-c1ccc(S(=O)(=O)N[C@@H](C)C(F)(F)F)c(Cl)c1Cl. The van der Waals surface area contributed by atoms with Gasteiger partial charge in [0.25, 0.3) is 11.8 Å². The lowest BCUT2D eigenvalue weighted by Crippen LogP contribution is -2.43. The van der Waals surface area contributed by atoms with Gasteiger partial charge in [-0.05, 0) is 26.8 Å². The van der Waals surface area contributed by atoms with Crippen LogP contribution in [0.4, 0.5) is 13.2 Å². The van der Waals surface area contributed by atoms with E-state index in [9.17, 15) is 31.2 Å². The van der Waals surface area contributed by atoms with Crippen molar-refractivity contribution in [2.75, 3.05) is 13.1 Å². The smallest absolute Gasteiger partial charge is 0.338 e. The van der Waals surface area contributed by atoms with Crippen molar-refractivity contribution in [2.45, 2.75) is 37.9 Å². The number of aromatic nitrogens is 1. The monoisotopic (exact) mass is 561 g/mol. The summed E-state index contributed by atoms with van der Waals surface area (Å²) in [5.41, 5.74) is 1.81. The Morgan fingerprint density at radius 3 is 2.29 bits per heavy atom. The van der Waals surface area contributed by atoms with E-state index >= 15 is 0 Å². The number of hydrogen-bond donors (Lipinski definition) is 3. The normalized spacial score (nSPS) is 13.0. The molecule has 0 saturated heterocycles. The van der Waals surface area contributed by atoms with Gasteiger partial charge in [-0.2, -0.15) is 17.9 Å². The molecule has 1 aromatic carbocycles. The number of carbonyl (C=O) groups is 2. The van der Waals surface area contributed by atoms with Crippen molar-refractivity contribution in [3.63, 3.8) is 0 Å². The molecule has 188 valence electrons. The maximum Gasteiger partial charge on any atom is 0.404 e. The number of thiazole rings is 1. The Morgan fingerprint density at radius 1 is 1.21 bits per heavy atom. The summed E-state index contributed by atoms with van der Waals surface area (Å²) < 4.78 is 65.0. The molecule has 16 heteroatoms. The van der Waals surface area contributed by atoms with Gasteiger partial charge in [0.15, 0.2) is 5.01 Å². The highest BCUT2D eigenvalue weighted by Crippen LogP contribution is 2.42. The minimum Gasteiger partial charge on any atom is -0.338 e. The molecule has 1 heterocycles. The number of carbonyl (C=O) groups excluding carboxylic acids is 2. The quantitative estimate of drug-likeness (QED) is 0.257. The molecule has 0 spiro atoms. The van der Waals surface area contributed by atoms with Crippen LogP contribution in [-0.4, -0.2) is 55.4 Å². The molecule has 1 atom stereocenters. The molecule has 0 aliphatic rings. The summed E-state index contributed by atoms with van der Waals surface area (Å²) in [4.78, 5) is 29.9. The largest absolute Gasteiger partial charge is 0.404 e. The Balaban J connectivity index is 2.65. The standard InChI is InChI=1S/C18H20Cl2F3N5O4S2/c1-4-28(5-2)17(30)13-14(33-16(25-13)15(29)26-24)9-6-7-10(12(20)11(9)19)34(31,32)27-8(3)18(21,22)23/h6-8,27H,4-5,24H2,1-3H3,(H,26,29)/t8-/m0/s1. The van der Waals surface area contributed by atoms with Gasteiger partial charge in [-0.1, -0.05) is 29.3 Å². The lowest BCUT2D eigenvalue weighted by Gasteiger charge is -2.19. The van der Waals surface area contributed by atoms with Gasteiger partial charge in [-0.15, -0.1) is 11.3 Å². The lowest BCUT2D eigenvalue weighted by molar-refractivity contribution is -0.147. The molecular formula is C18H20Cl2F3N5O4S2. The highest BCUT2D eigenvalue weighted by atomic mass is 35.5. The van der Waals surface area contributed by atoms with Gasteiger partial charge in [-0.3, -0.25) is 15.0 Å². The van der Waals surface area contributed by atoms with Crippen LogP contribution in [-0.2, 0) is 10.0 Å². The molecule has 0 aliphatic heterocycles. The summed E-state index contributed by atoms with van der Waals surface area (Å²) >= 11 is 13.2. The third-order valence-electron chi connectivity index (χ3n) is 4.61. The molecule has 4 N–H and O–H groups in total. The first-order chi connectivity index (χ1) is 15.7. The van der Waals surface area contributed by atoms with Gasteiger partial charge in [0, 0.05) is 18.7 Å². The number of nitrogens with one attached hydrogen (secondary N) is 2. The Hall–Kier alpha value is -1.97. The second-order valence-electron chi connectivity index (χ2n) is 6.77. The Labute approximate surface area is 207 Å². The zero-order valence-corrected chi connectivity index (χ0v) is 21.1. The first-order valence-corrected chi connectivity index (χ1v) is 12.6. The number of rotatable bonds is 8. The molecule has 2 aromatic rings. The molecule has 0 bridgehead atoms. The van der Waals surface area contributed by atoms with Gasteiger partial charge in [-0.25, -0.2) is 19.2 Å². The van der Waals surface area contributed by atoms with E-state index < -0.39 is 44.0 Å². The lowest BCUT2D eigenvalue weighted by atomic mass is 10.1. The molecule has 2 rings (SSSR count). The fourth-order valence-corrected chi connectivity index (χ4v) is 5.89. The van der Waals surface area contributed by atoms with Crippen LogP contribution in [0.25, 0.3) is 10.4 Å². The fraction of sp³-hybridized carbons (Fsp3) is 0.389. The number of hydrogen-bond acceptors (Lipinski definition) is 7. The number of nitrogens with zero attached hydrogens (tertiary/aromatic N) is 2. The van der Waals surface area contributed by atoms with Gasteiger partial charge < -0.3 is 4.90 Å². The minimum absolute atomic E-state index is 0.0542. The van der Waals surface area contributed by atoms with Gasteiger partial charge in [0.1, 0.15) is 16.6 Å². The van der Waals surface area contributed by atoms with E-state index in [1.165, 1.54) is 9.62 Å². The van der Waals surface area contributed by atoms with E-state index in [0.717, 1.165) is 23.5 Å². The van der Waals surface area contributed by atoms with E-state index in [2.05, 4.69) is 4.98 Å². The van der Waals surface area contributed by atoms with Crippen LogP contribution < -0.4 is 16.0 Å². The number of nitrogens with two attached hydrogens (primary N) is 1. The maximum atomic E-state index is 13.0. The summed E-state index contributed by atoms with van der Waals surface area (Å²) in [5.74, 6) is 3.84. The third-order valence-corrected chi connectivity index (χ3v) is 8.27. The highest BCUT2D eigenvalue weighted by molar-refractivity contribution is 7.89. The van der Waals surface area contributed by atoms with E-state index in [1.54, 1.807) is 13.8 Å². The summed E-state index contributed by atoms with van der Waals surface area (Å²) in [6, 6.07) is -0.273. The molecule has 0 fully saturated rings. The molecule has 2 amide bonds. The third kappa shape index (κ3) is 5.80. The summed E-state index contributed by atoms with van der Waals surface area (Å²) in [6.07, 6.45) is -4.83. The molecular weight excluding hydrogens is 542 g/mol. The molecule has 0 aliphatic carbocycles. The van der Waals surface area contributed by atoms with Crippen molar-refractivity contribution >= 4 is 56.4 Å². The highest BCUT2D eigenvalue weighted by Gasteiger charge is 2.39. The zero-order valence-electron chi connectivity index (χ0n) is 18.0. The fourth-order valence-electron chi connectivity index (χ4n) is 2.74. The number of benzene rings is 1. The Kier molecular flexibility index (Phi) is 8.93. The predicted molar refractivity (Wildman–Crippen MR) is 122 cm³/mol. The average Bonchev–Trinajstić information content (AvgIpc) is 3.19. The number of halogens is 5. The van der Waals surface area contributed by atoms with Crippen LogP contribution in [0.5, 0.6) is 0 Å².